The molecule has 2 N–H and O–H groups in total. The number of likely N-dealkylation sites (N-methyl/N-ethyl adjacent to an activating group) is 1. The zero-order chi connectivity index (χ0) is 15.7. The van der Waals surface area contributed by atoms with Gasteiger partial charge in [0.25, 0.3) is 0 Å². The van der Waals surface area contributed by atoms with Crippen LogP contribution in [0.4, 0.5) is 0 Å². The van der Waals surface area contributed by atoms with Crippen LogP contribution in [0.25, 0.3) is 0 Å². The molecule has 0 amide bonds. The number of hydrogen-bond donors (Lipinski definition) is 2. The first-order chi connectivity index (χ1) is 10.1. The highest BCUT2D eigenvalue weighted by atomic mass is 32.1. The largest absolute Gasteiger partial charge is 0.357 e. The molecule has 4 nitrogen and oxygen atoms in total. The molecule has 1 aromatic rings. The molecule has 0 bridgehead atoms. The summed E-state index contributed by atoms with van der Waals surface area (Å²) in [5, 5.41) is 6.72. The van der Waals surface area contributed by atoms with Crippen LogP contribution in [0.15, 0.2) is 17.1 Å². The fourth-order valence-electron chi connectivity index (χ4n) is 2.17. The standard InChI is InChI=1S/C16H30N4S/c1-6-17-16(18-10-11-20(7-2)13(3)4)19-12-15-9-8-14(5)21-15/h8-9,13H,6-7,10-12H2,1-5H3,(H2,17,18,19). The Bertz CT molecular complexity index is 426. The molecule has 0 aliphatic carbocycles. The van der Waals surface area contributed by atoms with E-state index >= 15 is 0 Å². The SMILES string of the molecule is CCNC(=NCc1ccc(C)s1)NCCN(CC)C(C)C. The highest BCUT2D eigenvalue weighted by Gasteiger charge is 2.06. The average molecular weight is 311 g/mol. The van der Waals surface area contributed by atoms with Gasteiger partial charge in [0.2, 0.25) is 0 Å². The van der Waals surface area contributed by atoms with Crippen LogP contribution in [-0.2, 0) is 6.54 Å². The first kappa shape index (κ1) is 18.0. The Hall–Kier alpha value is -1.07. The summed E-state index contributed by atoms with van der Waals surface area (Å²) in [6, 6.07) is 4.90. The van der Waals surface area contributed by atoms with E-state index in [9.17, 15) is 0 Å². The summed E-state index contributed by atoms with van der Waals surface area (Å²) in [5.41, 5.74) is 0. The van der Waals surface area contributed by atoms with Crippen molar-refractivity contribution in [3.63, 3.8) is 0 Å². The van der Waals surface area contributed by atoms with Crippen molar-refractivity contribution in [2.45, 2.75) is 47.2 Å². The molecule has 0 aliphatic rings. The van der Waals surface area contributed by atoms with Gasteiger partial charge in [0, 0.05) is 35.4 Å². The van der Waals surface area contributed by atoms with Gasteiger partial charge in [-0.2, -0.15) is 0 Å². The maximum Gasteiger partial charge on any atom is 0.191 e. The van der Waals surface area contributed by atoms with Gasteiger partial charge in [0.15, 0.2) is 5.96 Å². The van der Waals surface area contributed by atoms with Gasteiger partial charge < -0.3 is 10.6 Å². The van der Waals surface area contributed by atoms with Crippen LogP contribution in [0, 0.1) is 6.92 Å². The number of nitrogens with zero attached hydrogens (tertiary/aromatic N) is 2. The van der Waals surface area contributed by atoms with Crippen molar-refractivity contribution in [2.24, 2.45) is 4.99 Å². The zero-order valence-electron chi connectivity index (χ0n) is 14.1. The lowest BCUT2D eigenvalue weighted by Crippen LogP contribution is -2.43. The molecule has 1 aromatic heterocycles. The fourth-order valence-corrected chi connectivity index (χ4v) is 2.98. The van der Waals surface area contributed by atoms with Crippen LogP contribution in [-0.4, -0.2) is 43.1 Å². The molecule has 0 aliphatic heterocycles. The van der Waals surface area contributed by atoms with Gasteiger partial charge in [-0.05, 0) is 46.4 Å². The molecule has 0 aromatic carbocycles. The molecule has 120 valence electrons. The van der Waals surface area contributed by atoms with Crippen molar-refractivity contribution >= 4 is 17.3 Å². The molecule has 1 rings (SSSR count). The monoisotopic (exact) mass is 310 g/mol. The summed E-state index contributed by atoms with van der Waals surface area (Å²) in [7, 11) is 0. The van der Waals surface area contributed by atoms with Crippen LogP contribution < -0.4 is 10.6 Å². The van der Waals surface area contributed by atoms with Crippen LogP contribution in [0.1, 0.15) is 37.4 Å². The van der Waals surface area contributed by atoms with E-state index in [4.69, 9.17) is 0 Å². The minimum atomic E-state index is 0.588. The predicted octanol–water partition coefficient (Wildman–Crippen LogP) is 2.84. The number of hydrogen-bond acceptors (Lipinski definition) is 3. The quantitative estimate of drug-likeness (QED) is 0.573. The summed E-state index contributed by atoms with van der Waals surface area (Å²) in [6.07, 6.45) is 0. The number of guanidine groups is 1. The minimum absolute atomic E-state index is 0.588. The molecule has 21 heavy (non-hydrogen) atoms. The molecule has 0 saturated carbocycles. The van der Waals surface area contributed by atoms with Crippen molar-refractivity contribution in [1.29, 1.82) is 0 Å². The lowest BCUT2D eigenvalue weighted by molar-refractivity contribution is 0.237. The summed E-state index contributed by atoms with van der Waals surface area (Å²) in [6.45, 7) is 15.6. The van der Waals surface area contributed by atoms with Crippen LogP contribution in [0.5, 0.6) is 0 Å². The number of nitrogens with one attached hydrogen (secondary N) is 2. The topological polar surface area (TPSA) is 39.7 Å². The van der Waals surface area contributed by atoms with Gasteiger partial charge in [-0.15, -0.1) is 11.3 Å². The number of rotatable bonds is 8. The Balaban J connectivity index is 2.45. The summed E-state index contributed by atoms with van der Waals surface area (Å²) in [4.78, 5) is 9.74. The maximum atomic E-state index is 4.65. The summed E-state index contributed by atoms with van der Waals surface area (Å²) < 4.78 is 0. The van der Waals surface area contributed by atoms with Gasteiger partial charge in [-0.25, -0.2) is 4.99 Å². The smallest absolute Gasteiger partial charge is 0.191 e. The zero-order valence-corrected chi connectivity index (χ0v) is 14.9. The molecule has 0 fully saturated rings. The van der Waals surface area contributed by atoms with E-state index in [1.54, 1.807) is 0 Å². The minimum Gasteiger partial charge on any atom is -0.357 e. The maximum absolute atomic E-state index is 4.65. The highest BCUT2D eigenvalue weighted by Crippen LogP contribution is 2.15. The molecule has 0 radical (unpaired) electrons. The lowest BCUT2D eigenvalue weighted by Gasteiger charge is -2.25. The third kappa shape index (κ3) is 6.96. The van der Waals surface area contributed by atoms with E-state index in [-0.39, 0.29) is 0 Å². The van der Waals surface area contributed by atoms with E-state index in [2.05, 4.69) is 67.3 Å². The third-order valence-electron chi connectivity index (χ3n) is 3.36. The average Bonchev–Trinajstić information content (AvgIpc) is 2.86. The first-order valence-electron chi connectivity index (χ1n) is 7.88. The van der Waals surface area contributed by atoms with Crippen molar-refractivity contribution < 1.29 is 0 Å². The molecule has 0 unspecified atom stereocenters. The summed E-state index contributed by atoms with van der Waals surface area (Å²) >= 11 is 1.81. The predicted molar refractivity (Wildman–Crippen MR) is 94.3 cm³/mol. The molecule has 5 heteroatoms. The fraction of sp³-hybridized carbons (Fsp3) is 0.688. The van der Waals surface area contributed by atoms with Gasteiger partial charge in [-0.3, -0.25) is 4.90 Å². The molecular formula is C16H30N4S. The van der Waals surface area contributed by atoms with E-state index in [1.165, 1.54) is 9.75 Å². The second kappa shape index (κ2) is 9.79. The van der Waals surface area contributed by atoms with Crippen molar-refractivity contribution in [3.8, 4) is 0 Å². The van der Waals surface area contributed by atoms with E-state index in [1.807, 2.05) is 11.3 Å². The summed E-state index contributed by atoms with van der Waals surface area (Å²) in [5.74, 6) is 0.906. The third-order valence-corrected chi connectivity index (χ3v) is 4.35. The van der Waals surface area contributed by atoms with Gasteiger partial charge in [0.05, 0.1) is 6.54 Å². The Morgan fingerprint density at radius 2 is 2.05 bits per heavy atom. The van der Waals surface area contributed by atoms with Gasteiger partial charge in [-0.1, -0.05) is 6.92 Å². The molecule has 0 saturated heterocycles. The molecule has 0 spiro atoms. The number of aryl methyl sites for hydroxylation is 1. The normalized spacial score (nSPS) is 12.2. The van der Waals surface area contributed by atoms with Crippen molar-refractivity contribution in [1.82, 2.24) is 15.5 Å². The lowest BCUT2D eigenvalue weighted by atomic mass is 10.3. The van der Waals surface area contributed by atoms with E-state index < -0.39 is 0 Å². The first-order valence-corrected chi connectivity index (χ1v) is 8.70. The number of aliphatic imine (C=N–C) groups is 1. The second-order valence-corrected chi connectivity index (χ2v) is 6.73. The van der Waals surface area contributed by atoms with E-state index in [0.717, 1.165) is 38.7 Å². The molecule has 0 atom stereocenters. The Kier molecular flexibility index (Phi) is 8.38. The number of thiophene rings is 1. The second-order valence-electron chi connectivity index (χ2n) is 5.36. The van der Waals surface area contributed by atoms with Crippen LogP contribution in [0.3, 0.4) is 0 Å². The Morgan fingerprint density at radius 3 is 2.57 bits per heavy atom. The highest BCUT2D eigenvalue weighted by molar-refractivity contribution is 7.11. The van der Waals surface area contributed by atoms with Gasteiger partial charge in [0.1, 0.15) is 0 Å². The van der Waals surface area contributed by atoms with E-state index in [0.29, 0.717) is 6.04 Å². The molecular weight excluding hydrogens is 280 g/mol. The van der Waals surface area contributed by atoms with Crippen LogP contribution >= 0.6 is 11.3 Å². The van der Waals surface area contributed by atoms with Gasteiger partial charge >= 0.3 is 0 Å². The van der Waals surface area contributed by atoms with Crippen molar-refractivity contribution in [3.05, 3.63) is 21.9 Å². The Labute approximate surface area is 133 Å². The van der Waals surface area contributed by atoms with Crippen molar-refractivity contribution in [2.75, 3.05) is 26.2 Å². The van der Waals surface area contributed by atoms with Crippen LogP contribution in [0.2, 0.25) is 0 Å². The molecule has 1 heterocycles. The Morgan fingerprint density at radius 1 is 1.29 bits per heavy atom.